The number of nitrogens with one attached hydrogen (secondary N) is 1. The number of benzene rings is 1. The van der Waals surface area contributed by atoms with Gasteiger partial charge in [0.25, 0.3) is 0 Å². The molecule has 1 atom stereocenters. The van der Waals surface area contributed by atoms with Crippen molar-refractivity contribution >= 4 is 9.84 Å². The third-order valence-corrected chi connectivity index (χ3v) is 4.82. The van der Waals surface area contributed by atoms with E-state index in [1.165, 1.54) is 0 Å². The molecule has 1 unspecified atom stereocenters. The van der Waals surface area contributed by atoms with Gasteiger partial charge in [-0.15, -0.1) is 0 Å². The predicted octanol–water partition coefficient (Wildman–Crippen LogP) is 2.94. The molecule has 0 bridgehead atoms. The Balaban J connectivity index is 2.75. The lowest BCUT2D eigenvalue weighted by molar-refractivity contribution is 0.545. The van der Waals surface area contributed by atoms with E-state index in [0.717, 1.165) is 31.4 Å². The molecule has 0 heterocycles. The second-order valence-corrected chi connectivity index (χ2v) is 7.11. The van der Waals surface area contributed by atoms with Crippen LogP contribution in [0.1, 0.15) is 44.7 Å². The summed E-state index contributed by atoms with van der Waals surface area (Å²) < 4.78 is 24.2. The Morgan fingerprint density at radius 1 is 1.11 bits per heavy atom. The van der Waals surface area contributed by atoms with Gasteiger partial charge in [0.1, 0.15) is 0 Å². The van der Waals surface area contributed by atoms with Crippen LogP contribution >= 0.6 is 0 Å². The Kier molecular flexibility index (Phi) is 7.10. The summed E-state index contributed by atoms with van der Waals surface area (Å²) in [6.07, 6.45) is 2.66. The summed E-state index contributed by atoms with van der Waals surface area (Å²) in [7, 11) is -2.98. The van der Waals surface area contributed by atoms with Crippen LogP contribution in [-0.4, -0.2) is 26.5 Å². The van der Waals surface area contributed by atoms with Gasteiger partial charge < -0.3 is 5.32 Å². The van der Waals surface area contributed by atoms with Crippen LogP contribution in [0.4, 0.5) is 0 Å². The van der Waals surface area contributed by atoms with Crippen LogP contribution in [0.15, 0.2) is 30.3 Å². The van der Waals surface area contributed by atoms with Crippen molar-refractivity contribution < 1.29 is 8.42 Å². The molecule has 1 N–H and O–H groups in total. The third-order valence-electron chi connectivity index (χ3n) is 3.07. The number of sulfone groups is 1. The van der Waals surface area contributed by atoms with Crippen LogP contribution in [0.25, 0.3) is 0 Å². The molecule has 108 valence electrons. The molecule has 0 aromatic heterocycles. The number of hydrogen-bond donors (Lipinski definition) is 1. The van der Waals surface area contributed by atoms with Crippen molar-refractivity contribution in [2.45, 2.75) is 39.2 Å². The topological polar surface area (TPSA) is 46.2 Å². The molecule has 0 saturated carbocycles. The molecule has 1 aromatic carbocycles. The van der Waals surface area contributed by atoms with Crippen LogP contribution in [-0.2, 0) is 9.84 Å². The van der Waals surface area contributed by atoms with Gasteiger partial charge in [0.05, 0.1) is 11.5 Å². The molecular formula is C15H25NO2S. The van der Waals surface area contributed by atoms with Crippen LogP contribution < -0.4 is 5.32 Å². The van der Waals surface area contributed by atoms with Crippen molar-refractivity contribution in [1.29, 1.82) is 0 Å². The first-order valence-corrected chi connectivity index (χ1v) is 8.90. The van der Waals surface area contributed by atoms with Crippen molar-refractivity contribution in [3.05, 3.63) is 35.9 Å². The fraction of sp³-hybridized carbons (Fsp3) is 0.600. The maximum Gasteiger partial charge on any atom is 0.152 e. The Bertz CT molecular complexity index is 442. The molecule has 0 aliphatic carbocycles. The first-order chi connectivity index (χ1) is 9.09. The summed E-state index contributed by atoms with van der Waals surface area (Å²) >= 11 is 0. The number of unbranched alkanes of at least 4 members (excludes halogenated alkanes) is 1. The smallest absolute Gasteiger partial charge is 0.152 e. The quantitative estimate of drug-likeness (QED) is 0.758. The minimum atomic E-state index is -2.98. The zero-order valence-corrected chi connectivity index (χ0v) is 12.7. The standard InChI is InChI=1S/C15H25NO2S/c1-3-5-12-19(17,18)13-15(16-11-4-2)14-9-7-6-8-10-14/h6-10,15-16H,3-5,11-13H2,1-2H3. The summed E-state index contributed by atoms with van der Waals surface area (Å²) in [4.78, 5) is 0. The Morgan fingerprint density at radius 3 is 2.37 bits per heavy atom. The Labute approximate surface area is 117 Å². The number of hydrogen-bond acceptors (Lipinski definition) is 3. The fourth-order valence-corrected chi connectivity index (χ4v) is 3.69. The largest absolute Gasteiger partial charge is 0.309 e. The predicted molar refractivity (Wildman–Crippen MR) is 81.0 cm³/mol. The van der Waals surface area contributed by atoms with Crippen LogP contribution in [0.3, 0.4) is 0 Å². The molecule has 0 aliphatic heterocycles. The van der Waals surface area contributed by atoms with E-state index >= 15 is 0 Å². The van der Waals surface area contributed by atoms with Crippen molar-refractivity contribution in [3.63, 3.8) is 0 Å². The van der Waals surface area contributed by atoms with Crippen molar-refractivity contribution in [3.8, 4) is 0 Å². The SMILES string of the molecule is CCCCS(=O)(=O)CC(NCCC)c1ccccc1. The second kappa shape index (κ2) is 8.33. The monoisotopic (exact) mass is 283 g/mol. The maximum absolute atomic E-state index is 12.1. The third kappa shape index (κ3) is 6.21. The van der Waals surface area contributed by atoms with Crippen LogP contribution in [0.2, 0.25) is 0 Å². The van der Waals surface area contributed by atoms with Crippen molar-refractivity contribution in [2.24, 2.45) is 0 Å². The second-order valence-electron chi connectivity index (χ2n) is 4.89. The molecule has 0 spiro atoms. The Hall–Kier alpha value is -0.870. The van der Waals surface area contributed by atoms with E-state index in [4.69, 9.17) is 0 Å². The molecule has 3 nitrogen and oxygen atoms in total. The van der Waals surface area contributed by atoms with Gasteiger partial charge in [-0.3, -0.25) is 0 Å². The van der Waals surface area contributed by atoms with Gasteiger partial charge in [-0.05, 0) is 24.9 Å². The van der Waals surface area contributed by atoms with Gasteiger partial charge in [-0.25, -0.2) is 8.42 Å². The Morgan fingerprint density at radius 2 is 1.79 bits per heavy atom. The molecular weight excluding hydrogens is 258 g/mol. The minimum Gasteiger partial charge on any atom is -0.309 e. The van der Waals surface area contributed by atoms with Crippen molar-refractivity contribution in [2.75, 3.05) is 18.1 Å². The number of rotatable bonds is 9. The first-order valence-electron chi connectivity index (χ1n) is 7.07. The highest BCUT2D eigenvalue weighted by Crippen LogP contribution is 2.16. The molecule has 0 saturated heterocycles. The van der Waals surface area contributed by atoms with Crippen molar-refractivity contribution in [1.82, 2.24) is 5.32 Å². The zero-order valence-electron chi connectivity index (χ0n) is 11.9. The summed E-state index contributed by atoms with van der Waals surface area (Å²) in [6, 6.07) is 9.74. The molecule has 19 heavy (non-hydrogen) atoms. The van der Waals surface area contributed by atoms with Gasteiger partial charge in [0, 0.05) is 6.04 Å². The summed E-state index contributed by atoms with van der Waals surface area (Å²) in [5.41, 5.74) is 1.05. The fourth-order valence-electron chi connectivity index (χ4n) is 1.98. The maximum atomic E-state index is 12.1. The molecule has 1 rings (SSSR count). The van der Waals surface area contributed by atoms with Gasteiger partial charge in [-0.1, -0.05) is 50.6 Å². The molecule has 0 amide bonds. The van der Waals surface area contributed by atoms with E-state index in [9.17, 15) is 8.42 Å². The molecule has 1 aromatic rings. The first kappa shape index (κ1) is 16.2. The summed E-state index contributed by atoms with van der Waals surface area (Å²) in [5, 5.41) is 3.34. The van der Waals surface area contributed by atoms with Crippen LogP contribution in [0.5, 0.6) is 0 Å². The molecule has 0 fully saturated rings. The highest BCUT2D eigenvalue weighted by molar-refractivity contribution is 7.91. The minimum absolute atomic E-state index is 0.0944. The summed E-state index contributed by atoms with van der Waals surface area (Å²) in [6.45, 7) is 4.93. The highest BCUT2D eigenvalue weighted by Gasteiger charge is 2.19. The normalized spacial score (nSPS) is 13.4. The van der Waals surface area contributed by atoms with E-state index in [2.05, 4.69) is 12.2 Å². The van der Waals surface area contributed by atoms with Gasteiger partial charge in [-0.2, -0.15) is 0 Å². The van der Waals surface area contributed by atoms with E-state index in [-0.39, 0.29) is 11.8 Å². The lowest BCUT2D eigenvalue weighted by Gasteiger charge is -2.19. The van der Waals surface area contributed by atoms with Gasteiger partial charge in [0.15, 0.2) is 9.84 Å². The van der Waals surface area contributed by atoms with E-state index in [0.29, 0.717) is 5.75 Å². The average molecular weight is 283 g/mol. The van der Waals surface area contributed by atoms with Crippen LogP contribution in [0, 0.1) is 0 Å². The lowest BCUT2D eigenvalue weighted by Crippen LogP contribution is -2.29. The average Bonchev–Trinajstić information content (AvgIpc) is 2.42. The molecule has 0 aliphatic rings. The van der Waals surface area contributed by atoms with E-state index in [1.54, 1.807) is 0 Å². The highest BCUT2D eigenvalue weighted by atomic mass is 32.2. The van der Waals surface area contributed by atoms with E-state index < -0.39 is 9.84 Å². The zero-order chi connectivity index (χ0) is 14.1. The molecule has 4 heteroatoms. The summed E-state index contributed by atoms with van der Waals surface area (Å²) in [5.74, 6) is 0.484. The molecule has 0 radical (unpaired) electrons. The van der Waals surface area contributed by atoms with E-state index in [1.807, 2.05) is 37.3 Å². The van der Waals surface area contributed by atoms with Gasteiger partial charge in [0.2, 0.25) is 0 Å². The van der Waals surface area contributed by atoms with Gasteiger partial charge >= 0.3 is 0 Å². The lowest BCUT2D eigenvalue weighted by atomic mass is 10.1.